The van der Waals surface area contributed by atoms with Crippen LogP contribution in [0.25, 0.3) is 0 Å². The number of hydrogen-bond acceptors (Lipinski definition) is 3. The number of ether oxygens (including phenoxy) is 1. The average Bonchev–Trinajstić information content (AvgIpc) is 3.02. The van der Waals surface area contributed by atoms with Gasteiger partial charge in [0, 0.05) is 12.5 Å². The summed E-state index contributed by atoms with van der Waals surface area (Å²) in [6.07, 6.45) is 22.9. The molecule has 0 bridgehead atoms. The summed E-state index contributed by atoms with van der Waals surface area (Å²) in [6.45, 7) is 0.510. The average molecular weight is 365 g/mol. The summed E-state index contributed by atoms with van der Waals surface area (Å²) in [7, 11) is 0. The molecule has 0 radical (unpaired) electrons. The fourth-order valence-corrected chi connectivity index (χ4v) is 3.18. The molecule has 0 amide bonds. The van der Waals surface area contributed by atoms with Crippen LogP contribution in [-0.2, 0) is 14.3 Å². The van der Waals surface area contributed by atoms with Crippen LogP contribution in [-0.4, -0.2) is 23.7 Å². The molecule has 0 aromatic carbocycles. The maximum atomic E-state index is 10.9. The molecule has 4 heteroatoms. The topological polar surface area (TPSA) is 63.6 Å². The fraction of sp³-hybridized carbons (Fsp3) is 0.727. The normalized spacial score (nSPS) is 14.0. The summed E-state index contributed by atoms with van der Waals surface area (Å²) < 4.78 is 4.90. The Hall–Kier alpha value is -1.58. The van der Waals surface area contributed by atoms with Gasteiger partial charge in [-0.3, -0.25) is 4.79 Å². The lowest BCUT2D eigenvalue weighted by Gasteiger charge is -2.02. The Balaban J connectivity index is 1.74. The second-order valence-electron chi connectivity index (χ2n) is 7.24. The fourth-order valence-electron chi connectivity index (χ4n) is 3.18. The molecule has 0 saturated heterocycles. The van der Waals surface area contributed by atoms with E-state index in [1.54, 1.807) is 6.08 Å². The first-order valence-electron chi connectivity index (χ1n) is 10.4. The van der Waals surface area contributed by atoms with E-state index >= 15 is 0 Å². The van der Waals surface area contributed by atoms with Crippen LogP contribution in [0.4, 0.5) is 0 Å². The second-order valence-corrected chi connectivity index (χ2v) is 7.24. The van der Waals surface area contributed by atoms with Crippen molar-refractivity contribution in [3.8, 4) is 0 Å². The van der Waals surface area contributed by atoms with Gasteiger partial charge in [-0.1, -0.05) is 57.1 Å². The highest BCUT2D eigenvalue weighted by atomic mass is 16.5. The zero-order valence-corrected chi connectivity index (χ0v) is 16.2. The predicted molar refractivity (Wildman–Crippen MR) is 105 cm³/mol. The minimum Gasteiger partial charge on any atom is -0.481 e. The molecule has 148 valence electrons. The van der Waals surface area contributed by atoms with E-state index in [9.17, 15) is 9.59 Å². The quantitative estimate of drug-likeness (QED) is 0.196. The zero-order valence-electron chi connectivity index (χ0n) is 16.2. The van der Waals surface area contributed by atoms with E-state index in [1.165, 1.54) is 57.8 Å². The number of unbranched alkanes of at least 4 members (excludes halogenated alkanes) is 11. The Morgan fingerprint density at radius 1 is 0.885 bits per heavy atom. The van der Waals surface area contributed by atoms with Gasteiger partial charge in [0.05, 0.1) is 0 Å². The summed E-state index contributed by atoms with van der Waals surface area (Å²) in [5, 5.41) is 8.55. The molecule has 1 heterocycles. The van der Waals surface area contributed by atoms with Crippen molar-refractivity contribution < 1.29 is 19.4 Å². The highest BCUT2D eigenvalue weighted by Gasteiger charge is 2.11. The Morgan fingerprint density at radius 2 is 1.42 bits per heavy atom. The van der Waals surface area contributed by atoms with E-state index in [-0.39, 0.29) is 5.97 Å². The maximum Gasteiger partial charge on any atom is 0.331 e. The maximum absolute atomic E-state index is 10.9. The number of carbonyl (C=O) groups excluding carboxylic acids is 1. The van der Waals surface area contributed by atoms with E-state index < -0.39 is 5.97 Å². The number of allylic oxidation sites excluding steroid dienone is 2. The number of esters is 1. The number of cyclic esters (lactones) is 1. The van der Waals surface area contributed by atoms with Crippen LogP contribution in [0.2, 0.25) is 0 Å². The molecule has 1 aliphatic rings. The van der Waals surface area contributed by atoms with Gasteiger partial charge in [0.1, 0.15) is 6.61 Å². The molecule has 4 nitrogen and oxygen atoms in total. The molecule has 0 aromatic heterocycles. The summed E-state index contributed by atoms with van der Waals surface area (Å²) in [5.41, 5.74) is 1.15. The molecular weight excluding hydrogens is 328 g/mol. The predicted octanol–water partition coefficient (Wildman–Crippen LogP) is 5.96. The summed E-state index contributed by atoms with van der Waals surface area (Å²) >= 11 is 0. The van der Waals surface area contributed by atoms with Crippen LogP contribution >= 0.6 is 0 Å². The van der Waals surface area contributed by atoms with Crippen molar-refractivity contribution in [2.75, 3.05) is 6.61 Å². The summed E-state index contributed by atoms with van der Waals surface area (Å²) in [6, 6.07) is 0. The minimum atomic E-state index is -0.678. The standard InChI is InChI=1S/C22H36O4/c23-21(24)17-15-13-11-9-7-5-3-1-2-4-6-8-10-12-14-16-20-18-22(25)26-19-20/h1,3,18H,2,4-17,19H2,(H,23,24)/b3-1-. The Labute approximate surface area is 158 Å². The van der Waals surface area contributed by atoms with Crippen molar-refractivity contribution in [3.05, 3.63) is 23.8 Å². The zero-order chi connectivity index (χ0) is 18.9. The van der Waals surface area contributed by atoms with Crippen LogP contribution in [0.5, 0.6) is 0 Å². The molecule has 0 atom stereocenters. The lowest BCUT2D eigenvalue weighted by Crippen LogP contribution is -1.93. The molecule has 26 heavy (non-hydrogen) atoms. The smallest absolute Gasteiger partial charge is 0.331 e. The molecular formula is C22H36O4. The lowest BCUT2D eigenvalue weighted by atomic mass is 10.0. The molecule has 0 aliphatic carbocycles. The molecule has 1 aliphatic heterocycles. The third-order valence-corrected chi connectivity index (χ3v) is 4.77. The van der Waals surface area contributed by atoms with Gasteiger partial charge in [-0.15, -0.1) is 0 Å². The van der Waals surface area contributed by atoms with E-state index in [0.29, 0.717) is 13.0 Å². The van der Waals surface area contributed by atoms with Crippen LogP contribution in [0.1, 0.15) is 96.3 Å². The van der Waals surface area contributed by atoms with Gasteiger partial charge in [-0.25, -0.2) is 4.79 Å². The first kappa shape index (κ1) is 22.5. The van der Waals surface area contributed by atoms with Crippen LogP contribution in [0.3, 0.4) is 0 Å². The largest absolute Gasteiger partial charge is 0.481 e. The number of aliphatic carboxylic acids is 1. The van der Waals surface area contributed by atoms with Gasteiger partial charge < -0.3 is 9.84 Å². The molecule has 1 rings (SSSR count). The number of carboxylic acids is 1. The van der Waals surface area contributed by atoms with Gasteiger partial charge in [-0.05, 0) is 50.5 Å². The molecule has 0 unspecified atom stereocenters. The molecule has 1 N–H and O–H groups in total. The second kappa shape index (κ2) is 15.7. The van der Waals surface area contributed by atoms with E-state index in [0.717, 1.165) is 37.7 Å². The molecule has 0 spiro atoms. The van der Waals surface area contributed by atoms with Gasteiger partial charge in [0.25, 0.3) is 0 Å². The third kappa shape index (κ3) is 13.7. The number of rotatable bonds is 17. The lowest BCUT2D eigenvalue weighted by molar-refractivity contribution is -0.137. The Morgan fingerprint density at radius 3 is 1.96 bits per heavy atom. The van der Waals surface area contributed by atoms with Crippen molar-refractivity contribution in [2.24, 2.45) is 0 Å². The highest BCUT2D eigenvalue weighted by molar-refractivity contribution is 5.85. The number of carbonyl (C=O) groups is 2. The number of hydrogen-bond donors (Lipinski definition) is 1. The van der Waals surface area contributed by atoms with Crippen molar-refractivity contribution in [3.63, 3.8) is 0 Å². The summed E-state index contributed by atoms with van der Waals surface area (Å²) in [5.74, 6) is -0.855. The molecule has 0 fully saturated rings. The van der Waals surface area contributed by atoms with E-state index in [2.05, 4.69) is 12.2 Å². The first-order valence-corrected chi connectivity index (χ1v) is 10.4. The van der Waals surface area contributed by atoms with E-state index in [4.69, 9.17) is 9.84 Å². The Kier molecular flexibility index (Phi) is 13.5. The van der Waals surface area contributed by atoms with Gasteiger partial charge in [0.2, 0.25) is 0 Å². The van der Waals surface area contributed by atoms with Gasteiger partial charge in [0.15, 0.2) is 0 Å². The first-order chi connectivity index (χ1) is 12.7. The molecule has 0 aromatic rings. The van der Waals surface area contributed by atoms with E-state index in [1.807, 2.05) is 0 Å². The monoisotopic (exact) mass is 364 g/mol. The SMILES string of the molecule is O=C(O)CCCCCCC/C=C\CCCCCCCCC1=CC(=O)OC1. The third-order valence-electron chi connectivity index (χ3n) is 4.77. The van der Waals surface area contributed by atoms with Crippen molar-refractivity contribution in [2.45, 2.75) is 96.3 Å². The van der Waals surface area contributed by atoms with Crippen LogP contribution < -0.4 is 0 Å². The van der Waals surface area contributed by atoms with Crippen molar-refractivity contribution in [1.29, 1.82) is 0 Å². The van der Waals surface area contributed by atoms with Crippen molar-refractivity contribution >= 4 is 11.9 Å². The highest BCUT2D eigenvalue weighted by Crippen LogP contribution is 2.16. The number of carboxylic acid groups (broad SMARTS) is 1. The molecule has 0 saturated carbocycles. The van der Waals surface area contributed by atoms with Crippen molar-refractivity contribution in [1.82, 2.24) is 0 Å². The van der Waals surface area contributed by atoms with Crippen LogP contribution in [0.15, 0.2) is 23.8 Å². The minimum absolute atomic E-state index is 0.177. The van der Waals surface area contributed by atoms with Gasteiger partial charge in [-0.2, -0.15) is 0 Å². The van der Waals surface area contributed by atoms with Crippen LogP contribution in [0, 0.1) is 0 Å². The Bertz CT molecular complexity index is 451. The summed E-state index contributed by atoms with van der Waals surface area (Å²) in [4.78, 5) is 21.3. The van der Waals surface area contributed by atoms with Gasteiger partial charge >= 0.3 is 11.9 Å².